The van der Waals surface area contributed by atoms with Crippen LogP contribution in [0.1, 0.15) is 21.5 Å². The van der Waals surface area contributed by atoms with Gasteiger partial charge < -0.3 is 10.3 Å². The van der Waals surface area contributed by atoms with Crippen LogP contribution in [0.5, 0.6) is 0 Å². The van der Waals surface area contributed by atoms with E-state index in [1.807, 2.05) is 25.1 Å². The van der Waals surface area contributed by atoms with Crippen LogP contribution in [0, 0.1) is 6.92 Å². The number of fused-ring (bicyclic) bond motifs is 1. The van der Waals surface area contributed by atoms with Crippen molar-refractivity contribution in [3.05, 3.63) is 80.6 Å². The Morgan fingerprint density at radius 3 is 2.74 bits per heavy atom. The summed E-state index contributed by atoms with van der Waals surface area (Å²) in [6.07, 6.45) is 0. The first kappa shape index (κ1) is 15.3. The van der Waals surface area contributed by atoms with Gasteiger partial charge in [0.05, 0.1) is 10.6 Å². The van der Waals surface area contributed by atoms with E-state index in [9.17, 15) is 9.59 Å². The van der Waals surface area contributed by atoms with E-state index in [4.69, 9.17) is 11.6 Å². The number of aryl methyl sites for hydroxylation is 1. The highest BCUT2D eigenvalue weighted by Gasteiger charge is 2.10. The molecule has 0 aliphatic carbocycles. The first-order valence-corrected chi connectivity index (χ1v) is 7.58. The van der Waals surface area contributed by atoms with Crippen molar-refractivity contribution in [2.75, 3.05) is 0 Å². The van der Waals surface area contributed by atoms with Crippen LogP contribution in [0.3, 0.4) is 0 Å². The highest BCUT2D eigenvalue weighted by molar-refractivity contribution is 6.33. The number of hydrogen-bond donors (Lipinski definition) is 2. The molecule has 0 atom stereocenters. The maximum atomic E-state index is 12.2. The van der Waals surface area contributed by atoms with Crippen LogP contribution in [-0.4, -0.2) is 10.9 Å². The molecule has 0 radical (unpaired) electrons. The van der Waals surface area contributed by atoms with E-state index in [1.54, 1.807) is 30.3 Å². The normalized spacial score (nSPS) is 10.7. The fourth-order valence-electron chi connectivity index (χ4n) is 2.41. The van der Waals surface area contributed by atoms with Gasteiger partial charge in [0, 0.05) is 17.6 Å². The SMILES string of the molecule is Cc1ccc2cc(CNC(=O)c3ccccc3Cl)c(=O)[nH]c2c1. The average Bonchev–Trinajstić information content (AvgIpc) is 2.53. The van der Waals surface area contributed by atoms with Crippen LogP contribution in [-0.2, 0) is 6.54 Å². The Morgan fingerprint density at radius 2 is 1.96 bits per heavy atom. The minimum Gasteiger partial charge on any atom is -0.348 e. The number of aromatic nitrogens is 1. The zero-order chi connectivity index (χ0) is 16.4. The lowest BCUT2D eigenvalue weighted by Crippen LogP contribution is -2.26. The molecule has 1 aromatic heterocycles. The molecule has 0 saturated carbocycles. The number of H-pyrrole nitrogens is 1. The molecule has 1 amide bonds. The van der Waals surface area contributed by atoms with Gasteiger partial charge in [-0.25, -0.2) is 0 Å². The quantitative estimate of drug-likeness (QED) is 0.774. The molecule has 3 aromatic rings. The Morgan fingerprint density at radius 1 is 1.17 bits per heavy atom. The highest BCUT2D eigenvalue weighted by Crippen LogP contribution is 2.15. The third-order valence-electron chi connectivity index (χ3n) is 3.64. The molecule has 0 spiro atoms. The maximum Gasteiger partial charge on any atom is 0.253 e. The van der Waals surface area contributed by atoms with E-state index in [0.29, 0.717) is 16.1 Å². The Hall–Kier alpha value is -2.59. The Kier molecular flexibility index (Phi) is 4.17. The van der Waals surface area contributed by atoms with Crippen LogP contribution >= 0.6 is 11.6 Å². The summed E-state index contributed by atoms with van der Waals surface area (Å²) in [5.74, 6) is -0.306. The smallest absolute Gasteiger partial charge is 0.253 e. The number of hydrogen-bond acceptors (Lipinski definition) is 2. The minimum absolute atomic E-state index is 0.142. The number of aromatic amines is 1. The lowest BCUT2D eigenvalue weighted by molar-refractivity contribution is 0.0951. The topological polar surface area (TPSA) is 62.0 Å². The van der Waals surface area contributed by atoms with Gasteiger partial charge in [0.1, 0.15) is 0 Å². The monoisotopic (exact) mass is 326 g/mol. The minimum atomic E-state index is -0.306. The molecule has 5 heteroatoms. The number of benzene rings is 2. The van der Waals surface area contributed by atoms with Gasteiger partial charge in [-0.3, -0.25) is 9.59 Å². The van der Waals surface area contributed by atoms with Gasteiger partial charge in [-0.2, -0.15) is 0 Å². The number of nitrogens with one attached hydrogen (secondary N) is 2. The lowest BCUT2D eigenvalue weighted by atomic mass is 10.1. The summed E-state index contributed by atoms with van der Waals surface area (Å²) >= 11 is 6.00. The van der Waals surface area contributed by atoms with E-state index < -0.39 is 0 Å². The molecule has 0 bridgehead atoms. The molecule has 1 heterocycles. The van der Waals surface area contributed by atoms with Gasteiger partial charge in [0.2, 0.25) is 0 Å². The second-order valence-electron chi connectivity index (χ2n) is 5.38. The van der Waals surface area contributed by atoms with Crippen LogP contribution in [0.25, 0.3) is 10.9 Å². The van der Waals surface area contributed by atoms with E-state index >= 15 is 0 Å². The number of carbonyl (C=O) groups is 1. The zero-order valence-electron chi connectivity index (χ0n) is 12.5. The standard InChI is InChI=1S/C18H15ClN2O2/c1-11-6-7-12-9-13(17(22)21-16(12)8-11)10-20-18(23)14-4-2-3-5-15(14)19/h2-9H,10H2,1H3,(H,20,23)(H,21,22). The summed E-state index contributed by atoms with van der Waals surface area (Å²) < 4.78 is 0. The molecule has 2 N–H and O–H groups in total. The van der Waals surface area contributed by atoms with Crippen molar-refractivity contribution in [3.63, 3.8) is 0 Å². The molecule has 0 fully saturated rings. The summed E-state index contributed by atoms with van der Waals surface area (Å²) in [7, 11) is 0. The number of amides is 1. The third-order valence-corrected chi connectivity index (χ3v) is 3.97. The fourth-order valence-corrected chi connectivity index (χ4v) is 2.63. The van der Waals surface area contributed by atoms with E-state index in [2.05, 4.69) is 10.3 Å². The number of halogens is 1. The van der Waals surface area contributed by atoms with Gasteiger partial charge in [-0.05, 0) is 42.1 Å². The molecular weight excluding hydrogens is 312 g/mol. The van der Waals surface area contributed by atoms with Crippen molar-refractivity contribution in [2.24, 2.45) is 0 Å². The average molecular weight is 327 g/mol. The Labute approximate surface area is 138 Å². The second-order valence-corrected chi connectivity index (χ2v) is 5.78. The van der Waals surface area contributed by atoms with Crippen molar-refractivity contribution >= 4 is 28.4 Å². The van der Waals surface area contributed by atoms with E-state index in [1.165, 1.54) is 0 Å². The summed E-state index contributed by atoms with van der Waals surface area (Å²) in [4.78, 5) is 27.1. The zero-order valence-corrected chi connectivity index (χ0v) is 13.3. The number of rotatable bonds is 3. The predicted octanol–water partition coefficient (Wildman–Crippen LogP) is 3.42. The van der Waals surface area contributed by atoms with Crippen molar-refractivity contribution in [1.82, 2.24) is 10.3 Å². The Balaban J connectivity index is 1.83. The van der Waals surface area contributed by atoms with Crippen LogP contribution in [0.15, 0.2) is 53.3 Å². The van der Waals surface area contributed by atoms with Gasteiger partial charge in [0.15, 0.2) is 0 Å². The highest BCUT2D eigenvalue weighted by atomic mass is 35.5. The molecule has 3 rings (SSSR count). The molecule has 0 aliphatic heterocycles. The molecular formula is C18H15ClN2O2. The predicted molar refractivity (Wildman–Crippen MR) is 91.9 cm³/mol. The summed E-state index contributed by atoms with van der Waals surface area (Å²) in [5.41, 5.74) is 2.55. The Bertz CT molecular complexity index is 947. The third kappa shape index (κ3) is 3.27. The molecule has 23 heavy (non-hydrogen) atoms. The van der Waals surface area contributed by atoms with Crippen LogP contribution in [0.2, 0.25) is 5.02 Å². The largest absolute Gasteiger partial charge is 0.348 e. The molecule has 2 aromatic carbocycles. The molecule has 0 saturated heterocycles. The molecule has 0 unspecified atom stereocenters. The second kappa shape index (κ2) is 6.26. The van der Waals surface area contributed by atoms with Crippen molar-refractivity contribution in [1.29, 1.82) is 0 Å². The van der Waals surface area contributed by atoms with Gasteiger partial charge in [0.25, 0.3) is 11.5 Å². The molecule has 116 valence electrons. The van der Waals surface area contributed by atoms with Gasteiger partial charge in [-0.15, -0.1) is 0 Å². The first-order valence-electron chi connectivity index (χ1n) is 7.20. The molecule has 4 nitrogen and oxygen atoms in total. The molecule has 0 aliphatic rings. The van der Waals surface area contributed by atoms with E-state index in [0.717, 1.165) is 16.5 Å². The van der Waals surface area contributed by atoms with E-state index in [-0.39, 0.29) is 18.0 Å². The van der Waals surface area contributed by atoms with Gasteiger partial charge >= 0.3 is 0 Å². The maximum absolute atomic E-state index is 12.2. The van der Waals surface area contributed by atoms with Crippen LogP contribution < -0.4 is 10.9 Å². The van der Waals surface area contributed by atoms with Crippen molar-refractivity contribution < 1.29 is 4.79 Å². The number of carbonyl (C=O) groups excluding carboxylic acids is 1. The lowest BCUT2D eigenvalue weighted by Gasteiger charge is -2.07. The van der Waals surface area contributed by atoms with Crippen LogP contribution in [0.4, 0.5) is 0 Å². The summed E-state index contributed by atoms with van der Waals surface area (Å²) in [6, 6.07) is 14.4. The summed E-state index contributed by atoms with van der Waals surface area (Å²) in [5, 5.41) is 4.04. The van der Waals surface area contributed by atoms with Crippen molar-refractivity contribution in [2.45, 2.75) is 13.5 Å². The first-order chi connectivity index (χ1) is 11.0. The number of pyridine rings is 1. The van der Waals surface area contributed by atoms with Gasteiger partial charge in [-0.1, -0.05) is 35.9 Å². The van der Waals surface area contributed by atoms with Crippen molar-refractivity contribution in [3.8, 4) is 0 Å². The summed E-state index contributed by atoms with van der Waals surface area (Å²) in [6.45, 7) is 2.11. The fraction of sp³-hybridized carbons (Fsp3) is 0.111.